The smallest absolute Gasteiger partial charge is 0.341 e. The van der Waals surface area contributed by atoms with E-state index in [1.165, 1.54) is 17.7 Å². The zero-order valence-corrected chi connectivity index (χ0v) is 9.15. The van der Waals surface area contributed by atoms with Crippen molar-refractivity contribution in [1.29, 1.82) is 0 Å². The average molecular weight is 274 g/mol. The summed E-state index contributed by atoms with van der Waals surface area (Å²) in [6.45, 7) is 0. The van der Waals surface area contributed by atoms with Gasteiger partial charge in [-0.05, 0) is 15.9 Å². The summed E-state index contributed by atoms with van der Waals surface area (Å²) in [7, 11) is 1.19. The van der Waals surface area contributed by atoms with E-state index in [0.29, 0.717) is 10.4 Å². The molecule has 15 heavy (non-hydrogen) atoms. The fraction of sp³-hybridized carbons (Fsp3) is 0.125. The van der Waals surface area contributed by atoms with Crippen LogP contribution in [0.3, 0.4) is 0 Å². The van der Waals surface area contributed by atoms with Crippen LogP contribution in [0.5, 0.6) is 0 Å². The van der Waals surface area contributed by atoms with Gasteiger partial charge in [0.25, 0.3) is 0 Å². The number of halogens is 2. The molecular formula is C8H5BrFN3O2. The Balaban J connectivity index is 2.66. The van der Waals surface area contributed by atoms with Crippen LogP contribution in [-0.4, -0.2) is 27.7 Å². The molecule has 0 atom stereocenters. The lowest BCUT2D eigenvalue weighted by atomic mass is 10.2. The van der Waals surface area contributed by atoms with Crippen LogP contribution in [0.15, 0.2) is 17.0 Å². The number of hydrogen-bond acceptors (Lipinski definition) is 4. The molecule has 0 aliphatic heterocycles. The molecule has 0 radical (unpaired) electrons. The first-order chi connectivity index (χ1) is 7.11. The molecule has 0 fully saturated rings. The summed E-state index contributed by atoms with van der Waals surface area (Å²) in [6.07, 6.45) is 1.07. The van der Waals surface area contributed by atoms with E-state index in [9.17, 15) is 9.18 Å². The normalized spacial score (nSPS) is 10.6. The van der Waals surface area contributed by atoms with Gasteiger partial charge >= 0.3 is 5.97 Å². The van der Waals surface area contributed by atoms with Gasteiger partial charge in [0.1, 0.15) is 5.56 Å². The number of ether oxygens (including phenoxy) is 1. The van der Waals surface area contributed by atoms with Crippen molar-refractivity contribution in [2.24, 2.45) is 0 Å². The number of carbonyl (C=O) groups is 1. The summed E-state index contributed by atoms with van der Waals surface area (Å²) < 4.78 is 19.3. The summed E-state index contributed by atoms with van der Waals surface area (Å²) >= 11 is 3.05. The summed E-state index contributed by atoms with van der Waals surface area (Å²) in [5, 5.41) is 3.83. The van der Waals surface area contributed by atoms with E-state index in [2.05, 4.69) is 30.7 Å². The van der Waals surface area contributed by atoms with Crippen LogP contribution >= 0.6 is 15.9 Å². The molecule has 0 aliphatic rings. The van der Waals surface area contributed by atoms with Crippen LogP contribution in [0, 0.1) is 5.82 Å². The molecule has 0 N–H and O–H groups in total. The number of esters is 1. The van der Waals surface area contributed by atoms with Gasteiger partial charge in [-0.15, -0.1) is 5.10 Å². The molecule has 78 valence electrons. The lowest BCUT2D eigenvalue weighted by molar-refractivity contribution is 0.0595. The largest absolute Gasteiger partial charge is 0.465 e. The Morgan fingerprint density at radius 1 is 1.67 bits per heavy atom. The molecule has 0 saturated carbocycles. The van der Waals surface area contributed by atoms with E-state index in [-0.39, 0.29) is 5.56 Å². The summed E-state index contributed by atoms with van der Waals surface area (Å²) in [4.78, 5) is 15.1. The monoisotopic (exact) mass is 273 g/mol. The molecule has 7 heteroatoms. The Kier molecular flexibility index (Phi) is 2.39. The van der Waals surface area contributed by atoms with Gasteiger partial charge in [0, 0.05) is 6.07 Å². The Morgan fingerprint density at radius 3 is 3.07 bits per heavy atom. The zero-order valence-electron chi connectivity index (χ0n) is 7.57. The Labute approximate surface area is 92.0 Å². The third kappa shape index (κ3) is 1.70. The van der Waals surface area contributed by atoms with Crippen molar-refractivity contribution < 1.29 is 13.9 Å². The van der Waals surface area contributed by atoms with E-state index in [1.807, 2.05) is 0 Å². The molecule has 2 aromatic rings. The minimum atomic E-state index is -0.742. The lowest BCUT2D eigenvalue weighted by Gasteiger charge is -2.00. The molecule has 2 rings (SSSR count). The number of fused-ring (bicyclic) bond motifs is 1. The molecule has 0 aliphatic carbocycles. The molecule has 0 saturated heterocycles. The second kappa shape index (κ2) is 3.58. The molecule has 0 spiro atoms. The van der Waals surface area contributed by atoms with Crippen molar-refractivity contribution in [3.05, 3.63) is 28.4 Å². The van der Waals surface area contributed by atoms with E-state index >= 15 is 0 Å². The van der Waals surface area contributed by atoms with Gasteiger partial charge in [0.2, 0.25) is 4.73 Å². The quantitative estimate of drug-likeness (QED) is 0.738. The number of rotatable bonds is 1. The number of methoxy groups -OCH3 is 1. The van der Waals surface area contributed by atoms with Gasteiger partial charge in [0.15, 0.2) is 11.5 Å². The van der Waals surface area contributed by atoms with Crippen LogP contribution in [0.4, 0.5) is 4.39 Å². The number of hydrogen-bond donors (Lipinski definition) is 0. The summed E-state index contributed by atoms with van der Waals surface area (Å²) in [5.41, 5.74) is 0.202. The number of carbonyl (C=O) groups excluding carboxylic acids is 1. The Bertz CT molecular complexity index is 540. The third-order valence-electron chi connectivity index (χ3n) is 1.80. The standard InChI is InChI=1S/C8H5BrFN3O2/c1-15-7(14)4-2-6-11-8(9)12-13(6)3-5(4)10/h2-3H,1H3. The predicted octanol–water partition coefficient (Wildman–Crippen LogP) is 1.42. The molecule has 2 aromatic heterocycles. The van der Waals surface area contributed by atoms with Crippen molar-refractivity contribution in [2.45, 2.75) is 0 Å². The highest BCUT2D eigenvalue weighted by atomic mass is 79.9. The Hall–Kier alpha value is -1.50. The second-order valence-electron chi connectivity index (χ2n) is 2.71. The first-order valence-corrected chi connectivity index (χ1v) is 4.71. The lowest BCUT2D eigenvalue weighted by Crippen LogP contribution is -2.06. The van der Waals surface area contributed by atoms with Crippen molar-refractivity contribution >= 4 is 27.5 Å². The van der Waals surface area contributed by atoms with Gasteiger partial charge in [0.05, 0.1) is 13.3 Å². The molecule has 0 amide bonds. The topological polar surface area (TPSA) is 56.5 Å². The van der Waals surface area contributed by atoms with Crippen LogP contribution in [-0.2, 0) is 4.74 Å². The molecular weight excluding hydrogens is 269 g/mol. The van der Waals surface area contributed by atoms with E-state index < -0.39 is 11.8 Å². The zero-order chi connectivity index (χ0) is 11.0. The summed E-state index contributed by atoms with van der Waals surface area (Å²) in [6, 6.07) is 1.28. The first kappa shape index (κ1) is 10.0. The van der Waals surface area contributed by atoms with Crippen LogP contribution in [0.25, 0.3) is 5.65 Å². The first-order valence-electron chi connectivity index (χ1n) is 3.91. The van der Waals surface area contributed by atoms with Crippen molar-refractivity contribution in [3.8, 4) is 0 Å². The molecule has 2 heterocycles. The van der Waals surface area contributed by atoms with Crippen LogP contribution < -0.4 is 0 Å². The van der Waals surface area contributed by atoms with Gasteiger partial charge in [-0.25, -0.2) is 18.7 Å². The minimum Gasteiger partial charge on any atom is -0.465 e. The van der Waals surface area contributed by atoms with Crippen molar-refractivity contribution in [1.82, 2.24) is 14.6 Å². The SMILES string of the molecule is COC(=O)c1cc2nc(Br)nn2cc1F. The summed E-state index contributed by atoms with van der Waals surface area (Å²) in [5.74, 6) is -1.44. The molecule has 5 nitrogen and oxygen atoms in total. The minimum absolute atomic E-state index is 0.162. The molecule has 0 bridgehead atoms. The maximum absolute atomic E-state index is 13.4. The predicted molar refractivity (Wildman–Crippen MR) is 52.0 cm³/mol. The average Bonchev–Trinajstić information content (AvgIpc) is 2.55. The van der Waals surface area contributed by atoms with Gasteiger partial charge in [-0.3, -0.25) is 0 Å². The second-order valence-corrected chi connectivity index (χ2v) is 3.42. The highest BCUT2D eigenvalue weighted by Gasteiger charge is 2.14. The van der Waals surface area contributed by atoms with Crippen molar-refractivity contribution in [2.75, 3.05) is 7.11 Å². The van der Waals surface area contributed by atoms with Crippen molar-refractivity contribution in [3.63, 3.8) is 0 Å². The van der Waals surface area contributed by atoms with Crippen LogP contribution in [0.1, 0.15) is 10.4 Å². The van der Waals surface area contributed by atoms with Gasteiger partial charge < -0.3 is 4.74 Å². The number of pyridine rings is 1. The third-order valence-corrected chi connectivity index (χ3v) is 2.14. The fourth-order valence-corrected chi connectivity index (χ4v) is 1.50. The van der Waals surface area contributed by atoms with E-state index in [4.69, 9.17) is 0 Å². The van der Waals surface area contributed by atoms with Crippen LogP contribution in [0.2, 0.25) is 0 Å². The van der Waals surface area contributed by atoms with Gasteiger partial charge in [-0.2, -0.15) is 0 Å². The highest BCUT2D eigenvalue weighted by Crippen LogP contribution is 2.13. The molecule has 0 unspecified atom stereocenters. The van der Waals surface area contributed by atoms with Gasteiger partial charge in [-0.1, -0.05) is 0 Å². The number of nitrogens with zero attached hydrogens (tertiary/aromatic N) is 3. The van der Waals surface area contributed by atoms with E-state index in [0.717, 1.165) is 6.20 Å². The molecule has 0 aromatic carbocycles. The maximum atomic E-state index is 13.4. The highest BCUT2D eigenvalue weighted by molar-refractivity contribution is 9.10. The maximum Gasteiger partial charge on any atom is 0.341 e. The number of aromatic nitrogens is 3. The Morgan fingerprint density at radius 2 is 2.40 bits per heavy atom. The van der Waals surface area contributed by atoms with E-state index in [1.54, 1.807) is 0 Å². The fourth-order valence-electron chi connectivity index (χ4n) is 1.14.